The van der Waals surface area contributed by atoms with Gasteiger partial charge in [-0.1, -0.05) is 13.8 Å². The molecule has 0 aliphatic heterocycles. The minimum absolute atomic E-state index is 0.309. The molecule has 0 heterocycles. The molecule has 3 N–H and O–H groups in total. The van der Waals surface area contributed by atoms with Crippen molar-refractivity contribution in [3.8, 4) is 0 Å². The van der Waals surface area contributed by atoms with Gasteiger partial charge in [0, 0.05) is 22.9 Å². The largest absolute Gasteiger partial charge is 0.478 e. The molecule has 1 aromatic carbocycles. The molecule has 0 aromatic heterocycles. The van der Waals surface area contributed by atoms with Gasteiger partial charge in [0.05, 0.1) is 5.56 Å². The fourth-order valence-corrected chi connectivity index (χ4v) is 2.67. The van der Waals surface area contributed by atoms with E-state index in [0.29, 0.717) is 10.6 Å². The van der Waals surface area contributed by atoms with Gasteiger partial charge in [0.2, 0.25) is 0 Å². The van der Waals surface area contributed by atoms with Crippen LogP contribution in [0.2, 0.25) is 0 Å². The molecular weight excluding hydrogens is 267 g/mol. The molecule has 6 heteroatoms. The van der Waals surface area contributed by atoms with Crippen LogP contribution in [0.5, 0.6) is 0 Å². The number of carboxylic acids is 1. The molecular formula is C13H19FN2O2S. The quantitative estimate of drug-likeness (QED) is 0.595. The Morgan fingerprint density at radius 1 is 1.42 bits per heavy atom. The molecule has 0 saturated carbocycles. The zero-order valence-corrected chi connectivity index (χ0v) is 12.0. The first kappa shape index (κ1) is 15.8. The third kappa shape index (κ3) is 4.40. The number of carbonyl (C=O) groups is 1. The first-order valence-electron chi connectivity index (χ1n) is 6.17. The number of hydrogen-bond acceptors (Lipinski definition) is 4. The van der Waals surface area contributed by atoms with Crippen molar-refractivity contribution in [1.82, 2.24) is 4.90 Å². The topological polar surface area (TPSA) is 66.6 Å². The summed E-state index contributed by atoms with van der Waals surface area (Å²) in [5.41, 5.74) is 5.67. The number of aromatic carboxylic acids is 1. The number of rotatable bonds is 7. The van der Waals surface area contributed by atoms with Crippen LogP contribution in [0.15, 0.2) is 17.0 Å². The van der Waals surface area contributed by atoms with Crippen molar-refractivity contribution in [3.05, 3.63) is 23.5 Å². The molecule has 106 valence electrons. The summed E-state index contributed by atoms with van der Waals surface area (Å²) < 4.78 is 13.5. The van der Waals surface area contributed by atoms with Gasteiger partial charge in [-0.15, -0.1) is 11.8 Å². The molecule has 1 aromatic rings. The average molecular weight is 286 g/mol. The van der Waals surface area contributed by atoms with E-state index in [1.54, 1.807) is 0 Å². The van der Waals surface area contributed by atoms with Crippen molar-refractivity contribution in [2.45, 2.75) is 18.7 Å². The minimum atomic E-state index is -1.30. The van der Waals surface area contributed by atoms with Crippen LogP contribution in [0.25, 0.3) is 0 Å². The predicted molar refractivity (Wildman–Crippen MR) is 76.3 cm³/mol. The maximum Gasteiger partial charge on any atom is 0.338 e. The molecule has 1 rings (SSSR count). The number of hydrogen-bond donors (Lipinski definition) is 2. The Morgan fingerprint density at radius 2 is 2.05 bits per heavy atom. The first-order valence-corrected chi connectivity index (χ1v) is 7.15. The summed E-state index contributed by atoms with van der Waals surface area (Å²) in [6.45, 7) is 7.00. The zero-order valence-electron chi connectivity index (χ0n) is 11.1. The third-order valence-corrected chi connectivity index (χ3v) is 3.94. The number of nitrogen functional groups attached to an aromatic ring is 1. The van der Waals surface area contributed by atoms with Crippen LogP contribution in [0.3, 0.4) is 0 Å². The van der Waals surface area contributed by atoms with Crippen molar-refractivity contribution < 1.29 is 14.3 Å². The normalized spacial score (nSPS) is 10.9. The van der Waals surface area contributed by atoms with Crippen molar-refractivity contribution in [1.29, 1.82) is 0 Å². The van der Waals surface area contributed by atoms with E-state index >= 15 is 0 Å². The van der Waals surface area contributed by atoms with Crippen molar-refractivity contribution in [3.63, 3.8) is 0 Å². The van der Waals surface area contributed by atoms with E-state index in [4.69, 9.17) is 10.8 Å². The molecule has 0 fully saturated rings. The molecule has 0 amide bonds. The lowest BCUT2D eigenvalue weighted by Gasteiger charge is -2.17. The highest BCUT2D eigenvalue weighted by Crippen LogP contribution is 2.28. The third-order valence-electron chi connectivity index (χ3n) is 2.89. The number of anilines is 1. The molecule has 0 saturated heterocycles. The second-order valence-corrected chi connectivity index (χ2v) is 5.19. The molecule has 0 aliphatic rings. The average Bonchev–Trinajstić information content (AvgIpc) is 2.37. The van der Waals surface area contributed by atoms with Crippen LogP contribution >= 0.6 is 11.8 Å². The van der Waals surface area contributed by atoms with Gasteiger partial charge < -0.3 is 15.7 Å². The molecule has 0 radical (unpaired) electrons. The molecule has 0 bridgehead atoms. The summed E-state index contributed by atoms with van der Waals surface area (Å²) in [5.74, 6) is -1.26. The zero-order chi connectivity index (χ0) is 14.4. The lowest BCUT2D eigenvalue weighted by molar-refractivity contribution is 0.0692. The molecule has 0 aliphatic carbocycles. The summed E-state index contributed by atoms with van der Waals surface area (Å²) in [4.78, 5) is 13.6. The highest BCUT2D eigenvalue weighted by atomic mass is 32.2. The monoisotopic (exact) mass is 286 g/mol. The SMILES string of the molecule is CCN(CC)CCSc1cc(F)c(C(=O)O)cc1N. The first-order chi connectivity index (χ1) is 8.99. The summed E-state index contributed by atoms with van der Waals surface area (Å²) in [5, 5.41) is 8.78. The van der Waals surface area contributed by atoms with Crippen molar-refractivity contribution >= 4 is 23.4 Å². The molecule has 0 unspecified atom stereocenters. The Balaban J connectivity index is 2.69. The Labute approximate surface area is 116 Å². The van der Waals surface area contributed by atoms with Gasteiger partial charge in [0.1, 0.15) is 5.82 Å². The summed E-state index contributed by atoms with van der Waals surface area (Å²) in [6.07, 6.45) is 0. The van der Waals surface area contributed by atoms with Gasteiger partial charge in [-0.25, -0.2) is 9.18 Å². The predicted octanol–water partition coefficient (Wildman–Crippen LogP) is 2.54. The summed E-state index contributed by atoms with van der Waals surface area (Å²) in [7, 11) is 0. The van der Waals surface area contributed by atoms with Gasteiger partial charge in [-0.05, 0) is 25.2 Å². The van der Waals surface area contributed by atoms with Gasteiger partial charge in [0.15, 0.2) is 0 Å². The lowest BCUT2D eigenvalue weighted by Crippen LogP contribution is -2.25. The number of thioether (sulfide) groups is 1. The second-order valence-electron chi connectivity index (χ2n) is 4.05. The maximum atomic E-state index is 13.5. The number of nitrogens with zero attached hydrogens (tertiary/aromatic N) is 1. The second kappa shape index (κ2) is 7.35. The Bertz CT molecular complexity index is 451. The van der Waals surface area contributed by atoms with Crippen LogP contribution in [0.4, 0.5) is 10.1 Å². The summed E-state index contributed by atoms with van der Waals surface area (Å²) >= 11 is 1.44. The molecule has 0 spiro atoms. The number of benzene rings is 1. The Hall–Kier alpha value is -1.27. The Morgan fingerprint density at radius 3 is 2.58 bits per heavy atom. The molecule has 0 atom stereocenters. The van der Waals surface area contributed by atoms with Gasteiger partial charge in [-0.3, -0.25) is 0 Å². The van der Waals surface area contributed by atoms with Crippen LogP contribution in [0, 0.1) is 5.82 Å². The van der Waals surface area contributed by atoms with E-state index in [2.05, 4.69) is 18.7 Å². The fourth-order valence-electron chi connectivity index (χ4n) is 1.69. The number of nitrogens with two attached hydrogens (primary N) is 1. The molecule has 4 nitrogen and oxygen atoms in total. The van der Waals surface area contributed by atoms with E-state index in [1.165, 1.54) is 23.9 Å². The fraction of sp³-hybridized carbons (Fsp3) is 0.462. The smallest absolute Gasteiger partial charge is 0.338 e. The summed E-state index contributed by atoms with van der Waals surface area (Å²) in [6, 6.07) is 2.38. The highest BCUT2D eigenvalue weighted by molar-refractivity contribution is 7.99. The van der Waals surface area contributed by atoms with E-state index in [0.717, 1.165) is 25.4 Å². The standard InChI is InChI=1S/C13H19FN2O2S/c1-3-16(4-2)5-6-19-12-8-10(14)9(13(17)18)7-11(12)15/h7-8H,3-6,15H2,1-2H3,(H,17,18). The van der Waals surface area contributed by atoms with Gasteiger partial charge in [0.25, 0.3) is 0 Å². The van der Waals surface area contributed by atoms with Gasteiger partial charge >= 0.3 is 5.97 Å². The van der Waals surface area contributed by atoms with E-state index in [1.807, 2.05) is 0 Å². The van der Waals surface area contributed by atoms with Crippen LogP contribution in [-0.4, -0.2) is 41.4 Å². The van der Waals surface area contributed by atoms with E-state index in [9.17, 15) is 9.18 Å². The van der Waals surface area contributed by atoms with Crippen molar-refractivity contribution in [2.75, 3.05) is 31.1 Å². The lowest BCUT2D eigenvalue weighted by atomic mass is 10.2. The van der Waals surface area contributed by atoms with Crippen LogP contribution in [-0.2, 0) is 0 Å². The highest BCUT2D eigenvalue weighted by Gasteiger charge is 2.14. The van der Waals surface area contributed by atoms with Crippen LogP contribution < -0.4 is 5.73 Å². The molecule has 19 heavy (non-hydrogen) atoms. The van der Waals surface area contributed by atoms with Crippen molar-refractivity contribution in [2.24, 2.45) is 0 Å². The van der Waals surface area contributed by atoms with E-state index in [-0.39, 0.29) is 5.56 Å². The van der Waals surface area contributed by atoms with Crippen LogP contribution in [0.1, 0.15) is 24.2 Å². The Kier molecular flexibility index (Phi) is 6.11. The number of halogens is 1. The number of carboxylic acid groups (broad SMARTS) is 1. The van der Waals surface area contributed by atoms with Gasteiger partial charge in [-0.2, -0.15) is 0 Å². The minimum Gasteiger partial charge on any atom is -0.478 e. The van der Waals surface area contributed by atoms with E-state index < -0.39 is 11.8 Å². The maximum absolute atomic E-state index is 13.5.